The summed E-state index contributed by atoms with van der Waals surface area (Å²) in [5.74, 6) is 0.951. The highest BCUT2D eigenvalue weighted by Crippen LogP contribution is 2.43. The molecule has 1 amide bonds. The summed E-state index contributed by atoms with van der Waals surface area (Å²) in [6.07, 6.45) is 2.95. The van der Waals surface area contributed by atoms with Crippen LogP contribution >= 0.6 is 23.6 Å². The number of carbonyl (C=O) groups excluding carboxylic acids is 1. The molecule has 3 aromatic rings. The number of fused-ring (bicyclic) bond motifs is 1. The zero-order chi connectivity index (χ0) is 25.0. The molecule has 2 aromatic carbocycles. The van der Waals surface area contributed by atoms with Crippen LogP contribution in [0.1, 0.15) is 59.1 Å². The van der Waals surface area contributed by atoms with Crippen molar-refractivity contribution in [1.29, 1.82) is 5.26 Å². The van der Waals surface area contributed by atoms with Crippen LogP contribution in [0.15, 0.2) is 54.6 Å². The maximum absolute atomic E-state index is 12.7. The number of ether oxygens (including phenoxy) is 1. The molecular weight excluding hydrogens is 474 g/mol. The van der Waals surface area contributed by atoms with E-state index in [1.165, 1.54) is 4.88 Å². The van der Waals surface area contributed by atoms with E-state index in [1.54, 1.807) is 35.6 Å². The third kappa shape index (κ3) is 6.08. The Hall–Kier alpha value is -3.21. The monoisotopic (exact) mass is 503 g/mol. The lowest BCUT2D eigenvalue weighted by atomic mass is 9.72. The highest BCUT2D eigenvalue weighted by Gasteiger charge is 2.32. The van der Waals surface area contributed by atoms with Gasteiger partial charge >= 0.3 is 0 Å². The SMILES string of the molecule is CC(C)(C)[C@@H]1CCc2c(sc(NC(=S)NC(=O)c3ccc(OCc4ccccc4)cc3)c2C#N)C1. The van der Waals surface area contributed by atoms with Crippen LogP contribution in [0.4, 0.5) is 5.00 Å². The Labute approximate surface area is 216 Å². The first-order valence-corrected chi connectivity index (χ1v) is 12.9. The zero-order valence-corrected chi connectivity index (χ0v) is 21.8. The molecule has 1 aromatic heterocycles. The average Bonchev–Trinajstić information content (AvgIpc) is 3.19. The van der Waals surface area contributed by atoms with Crippen LogP contribution in [-0.4, -0.2) is 11.0 Å². The highest BCUT2D eigenvalue weighted by molar-refractivity contribution is 7.80. The molecule has 0 saturated carbocycles. The summed E-state index contributed by atoms with van der Waals surface area (Å²) in [6, 6.07) is 19.2. The maximum Gasteiger partial charge on any atom is 0.257 e. The summed E-state index contributed by atoms with van der Waals surface area (Å²) < 4.78 is 5.78. The van der Waals surface area contributed by atoms with Crippen LogP contribution in [0.5, 0.6) is 5.75 Å². The zero-order valence-electron chi connectivity index (χ0n) is 20.2. The van der Waals surface area contributed by atoms with Gasteiger partial charge in [-0.3, -0.25) is 10.1 Å². The van der Waals surface area contributed by atoms with Gasteiger partial charge in [0.2, 0.25) is 0 Å². The fourth-order valence-electron chi connectivity index (χ4n) is 4.28. The third-order valence-corrected chi connectivity index (χ3v) is 7.79. The van der Waals surface area contributed by atoms with Crippen molar-refractivity contribution >= 4 is 39.6 Å². The standard InChI is InChI=1S/C28H29N3O2S2/c1-28(2,3)20-11-14-22-23(16-29)26(35-24(22)15-20)31-27(34)30-25(32)19-9-12-21(13-10-19)33-17-18-7-5-4-6-8-18/h4-10,12-13,20H,11,14-15,17H2,1-3H3,(H2,30,31,32,34)/t20-/m1/s1. The molecule has 1 aliphatic rings. The van der Waals surface area contributed by atoms with E-state index in [4.69, 9.17) is 17.0 Å². The first-order valence-electron chi connectivity index (χ1n) is 11.7. The number of amides is 1. The third-order valence-electron chi connectivity index (χ3n) is 6.42. The number of rotatable bonds is 5. The van der Waals surface area contributed by atoms with Crippen molar-refractivity contribution in [2.24, 2.45) is 11.3 Å². The summed E-state index contributed by atoms with van der Waals surface area (Å²) in [4.78, 5) is 13.9. The molecule has 0 saturated heterocycles. The number of nitriles is 1. The van der Waals surface area contributed by atoms with Crippen LogP contribution in [-0.2, 0) is 19.4 Å². The summed E-state index contributed by atoms with van der Waals surface area (Å²) >= 11 is 6.97. The Bertz CT molecular complexity index is 1250. The molecule has 0 radical (unpaired) electrons. The normalized spacial score (nSPS) is 15.0. The number of hydrogen-bond acceptors (Lipinski definition) is 5. The highest BCUT2D eigenvalue weighted by atomic mass is 32.1. The summed E-state index contributed by atoms with van der Waals surface area (Å²) in [6.45, 7) is 7.27. The number of nitrogens with zero attached hydrogens (tertiary/aromatic N) is 1. The minimum absolute atomic E-state index is 0.182. The predicted octanol–water partition coefficient (Wildman–Crippen LogP) is 6.48. The number of carbonyl (C=O) groups is 1. The Balaban J connectivity index is 1.36. The molecular formula is C28H29N3O2S2. The van der Waals surface area contributed by atoms with Gasteiger partial charge in [0.15, 0.2) is 5.11 Å². The number of thiophene rings is 1. The maximum atomic E-state index is 12.7. The van der Waals surface area contributed by atoms with E-state index in [-0.39, 0.29) is 16.4 Å². The molecule has 0 bridgehead atoms. The molecule has 0 aliphatic heterocycles. The molecule has 180 valence electrons. The number of anilines is 1. The minimum atomic E-state index is -0.315. The molecule has 2 N–H and O–H groups in total. The number of nitrogens with one attached hydrogen (secondary N) is 2. The smallest absolute Gasteiger partial charge is 0.257 e. The number of benzene rings is 2. The first-order chi connectivity index (χ1) is 16.7. The molecule has 1 aliphatic carbocycles. The van der Waals surface area contributed by atoms with Crippen molar-refractivity contribution in [1.82, 2.24) is 5.32 Å². The lowest BCUT2D eigenvalue weighted by molar-refractivity contribution is 0.0977. The van der Waals surface area contributed by atoms with E-state index < -0.39 is 0 Å². The van der Waals surface area contributed by atoms with Gasteiger partial charge in [-0.05, 0) is 78.2 Å². The Morgan fingerprint density at radius 2 is 1.89 bits per heavy atom. The minimum Gasteiger partial charge on any atom is -0.489 e. The molecule has 7 heteroatoms. The first kappa shape index (κ1) is 24.9. The second-order valence-electron chi connectivity index (χ2n) is 9.83. The summed E-state index contributed by atoms with van der Waals surface area (Å²) in [5, 5.41) is 16.5. The van der Waals surface area contributed by atoms with Crippen LogP contribution in [0, 0.1) is 22.7 Å². The van der Waals surface area contributed by atoms with Crippen molar-refractivity contribution in [3.05, 3.63) is 81.7 Å². The molecule has 0 fully saturated rings. The van der Waals surface area contributed by atoms with Gasteiger partial charge in [-0.25, -0.2) is 0 Å². The van der Waals surface area contributed by atoms with E-state index >= 15 is 0 Å². The molecule has 4 rings (SSSR count). The number of hydrogen-bond donors (Lipinski definition) is 2. The molecule has 1 atom stereocenters. The molecule has 0 unspecified atom stereocenters. The van der Waals surface area contributed by atoms with Crippen LogP contribution in [0.25, 0.3) is 0 Å². The topological polar surface area (TPSA) is 74.2 Å². The van der Waals surface area contributed by atoms with E-state index in [0.717, 1.165) is 30.4 Å². The molecule has 1 heterocycles. The lowest BCUT2D eigenvalue weighted by Gasteiger charge is -2.33. The van der Waals surface area contributed by atoms with Crippen LogP contribution in [0.3, 0.4) is 0 Å². The Morgan fingerprint density at radius 3 is 2.54 bits per heavy atom. The van der Waals surface area contributed by atoms with Crippen molar-refractivity contribution < 1.29 is 9.53 Å². The van der Waals surface area contributed by atoms with E-state index in [9.17, 15) is 10.1 Å². The molecule has 35 heavy (non-hydrogen) atoms. The van der Waals surface area contributed by atoms with Crippen molar-refractivity contribution in [3.8, 4) is 11.8 Å². The lowest BCUT2D eigenvalue weighted by Crippen LogP contribution is -2.34. The second kappa shape index (κ2) is 10.6. The average molecular weight is 504 g/mol. The summed E-state index contributed by atoms with van der Waals surface area (Å²) in [7, 11) is 0. The van der Waals surface area contributed by atoms with Gasteiger partial charge in [0.1, 0.15) is 23.4 Å². The van der Waals surface area contributed by atoms with Gasteiger partial charge in [-0.2, -0.15) is 5.26 Å². The second-order valence-corrected chi connectivity index (χ2v) is 11.3. The number of thiocarbonyl (C=S) groups is 1. The van der Waals surface area contributed by atoms with Crippen LogP contribution < -0.4 is 15.4 Å². The fraction of sp³-hybridized carbons (Fsp3) is 0.321. The van der Waals surface area contributed by atoms with E-state index in [1.807, 2.05) is 30.3 Å². The van der Waals surface area contributed by atoms with Gasteiger partial charge < -0.3 is 10.1 Å². The molecule has 5 nitrogen and oxygen atoms in total. The largest absolute Gasteiger partial charge is 0.489 e. The molecule has 0 spiro atoms. The predicted molar refractivity (Wildman–Crippen MR) is 145 cm³/mol. The van der Waals surface area contributed by atoms with Crippen molar-refractivity contribution in [2.75, 3.05) is 5.32 Å². The van der Waals surface area contributed by atoms with Crippen molar-refractivity contribution in [3.63, 3.8) is 0 Å². The van der Waals surface area contributed by atoms with Crippen LogP contribution in [0.2, 0.25) is 0 Å². The van der Waals surface area contributed by atoms with Gasteiger partial charge in [0, 0.05) is 10.4 Å². The Morgan fingerprint density at radius 1 is 1.17 bits per heavy atom. The fourth-order valence-corrected chi connectivity index (χ4v) is 5.83. The van der Waals surface area contributed by atoms with Gasteiger partial charge in [0.25, 0.3) is 5.91 Å². The van der Waals surface area contributed by atoms with E-state index in [0.29, 0.717) is 34.4 Å². The summed E-state index contributed by atoms with van der Waals surface area (Å²) in [5.41, 5.74) is 3.55. The van der Waals surface area contributed by atoms with Gasteiger partial charge in [-0.15, -0.1) is 11.3 Å². The van der Waals surface area contributed by atoms with E-state index in [2.05, 4.69) is 37.5 Å². The van der Waals surface area contributed by atoms with Gasteiger partial charge in [0.05, 0.1) is 5.56 Å². The Kier molecular flexibility index (Phi) is 7.54. The van der Waals surface area contributed by atoms with Gasteiger partial charge in [-0.1, -0.05) is 51.1 Å². The quantitative estimate of drug-likeness (QED) is 0.390. The van der Waals surface area contributed by atoms with Crippen molar-refractivity contribution in [2.45, 2.75) is 46.6 Å².